The highest BCUT2D eigenvalue weighted by Gasteiger charge is 2.16. The molecule has 0 saturated heterocycles. The van der Waals surface area contributed by atoms with Crippen LogP contribution in [0, 0.1) is 0 Å². The van der Waals surface area contributed by atoms with Crippen molar-refractivity contribution in [1.82, 2.24) is 0 Å². The summed E-state index contributed by atoms with van der Waals surface area (Å²) in [5.41, 5.74) is 0. The molecule has 5 nitrogen and oxygen atoms in total. The predicted molar refractivity (Wildman–Crippen MR) is 389 cm³/mol. The SMILES string of the molecule is CC/C=C\C/C=C\C/C=C\C/C=C\C/C=C\C/C=C\C/C=C\C/C=C\C/C=C\C/C=C\CCCCC(=O)OC(CO)COC(=O)CCCCCCCCCCCCCCCCCCCCCCCC/C=C\C/C=C\C/C=C\C/C=C\C/C=C\C/C=C\CC. The molecule has 1 atom stereocenters. The first-order chi connectivity index (χ1) is 43.6. The van der Waals surface area contributed by atoms with Crippen LogP contribution in [0.4, 0.5) is 0 Å². The Morgan fingerprint density at radius 1 is 0.261 bits per heavy atom. The normalized spacial score (nSPS) is 13.4. The van der Waals surface area contributed by atoms with Crippen molar-refractivity contribution in [1.29, 1.82) is 0 Å². The average molecular weight is 1210 g/mol. The van der Waals surface area contributed by atoms with Gasteiger partial charge < -0.3 is 14.6 Å². The minimum atomic E-state index is -0.809. The first-order valence-corrected chi connectivity index (χ1v) is 36.0. The van der Waals surface area contributed by atoms with Gasteiger partial charge in [-0.05, 0) is 141 Å². The van der Waals surface area contributed by atoms with Crippen LogP contribution in [0.1, 0.15) is 296 Å². The van der Waals surface area contributed by atoms with Crippen molar-refractivity contribution >= 4 is 11.9 Å². The highest BCUT2D eigenvalue weighted by molar-refractivity contribution is 5.70. The highest BCUT2D eigenvalue weighted by atomic mass is 16.6. The Labute approximate surface area is 543 Å². The summed E-state index contributed by atoms with van der Waals surface area (Å²) in [6.07, 6.45) is 120. The van der Waals surface area contributed by atoms with Crippen molar-refractivity contribution in [2.24, 2.45) is 0 Å². The van der Waals surface area contributed by atoms with Crippen LogP contribution in [0.2, 0.25) is 0 Å². The topological polar surface area (TPSA) is 72.8 Å². The summed E-state index contributed by atoms with van der Waals surface area (Å²) in [5.74, 6) is -0.645. The molecule has 494 valence electrons. The van der Waals surface area contributed by atoms with Gasteiger partial charge in [-0.2, -0.15) is 0 Å². The van der Waals surface area contributed by atoms with E-state index in [2.05, 4.69) is 208 Å². The van der Waals surface area contributed by atoms with Crippen molar-refractivity contribution in [3.8, 4) is 0 Å². The predicted octanol–water partition coefficient (Wildman–Crippen LogP) is 25.5. The summed E-state index contributed by atoms with van der Waals surface area (Å²) in [4.78, 5) is 24.6. The summed E-state index contributed by atoms with van der Waals surface area (Å²) >= 11 is 0. The minimum absolute atomic E-state index is 0.0926. The van der Waals surface area contributed by atoms with E-state index in [1.54, 1.807) is 0 Å². The second-order valence-electron chi connectivity index (χ2n) is 23.2. The molecule has 0 amide bonds. The fraction of sp³-hybridized carbons (Fsp3) is 0.590. The number of aliphatic hydroxyl groups is 1. The lowest BCUT2D eigenvalue weighted by molar-refractivity contribution is -0.161. The van der Waals surface area contributed by atoms with Crippen molar-refractivity contribution in [3.63, 3.8) is 0 Å². The number of carbonyl (C=O) groups excluding carboxylic acids is 2. The number of esters is 2. The van der Waals surface area contributed by atoms with E-state index in [0.29, 0.717) is 12.8 Å². The van der Waals surface area contributed by atoms with Gasteiger partial charge in [0.15, 0.2) is 6.10 Å². The van der Waals surface area contributed by atoms with E-state index in [4.69, 9.17) is 9.47 Å². The zero-order valence-electron chi connectivity index (χ0n) is 56.7. The molecule has 0 fully saturated rings. The van der Waals surface area contributed by atoms with E-state index < -0.39 is 6.10 Å². The quantitative estimate of drug-likeness (QED) is 0.0373. The third-order valence-corrected chi connectivity index (χ3v) is 14.9. The molecule has 0 saturated carbocycles. The number of hydrogen-bond acceptors (Lipinski definition) is 5. The number of carbonyl (C=O) groups is 2. The van der Waals surface area contributed by atoms with Gasteiger partial charge >= 0.3 is 11.9 Å². The summed E-state index contributed by atoms with van der Waals surface area (Å²) in [6.45, 7) is 3.88. The lowest BCUT2D eigenvalue weighted by Crippen LogP contribution is -2.28. The van der Waals surface area contributed by atoms with Gasteiger partial charge in [-0.3, -0.25) is 9.59 Å². The molecule has 0 aromatic heterocycles. The molecule has 88 heavy (non-hydrogen) atoms. The number of aliphatic hydroxyl groups excluding tert-OH is 1. The lowest BCUT2D eigenvalue weighted by Gasteiger charge is -2.15. The van der Waals surface area contributed by atoms with E-state index in [0.717, 1.165) is 135 Å². The van der Waals surface area contributed by atoms with Gasteiger partial charge in [0.05, 0.1) is 6.61 Å². The second-order valence-corrected chi connectivity index (χ2v) is 23.2. The number of unbranched alkanes of at least 4 members (excludes halogenated alkanes) is 24. The van der Waals surface area contributed by atoms with Gasteiger partial charge in [-0.15, -0.1) is 0 Å². The van der Waals surface area contributed by atoms with E-state index in [-0.39, 0.29) is 31.6 Å². The standard InChI is InChI=1S/C83H132O5/c1-3-5-7-9-11-13-15-17-19-21-23-25-27-29-31-33-35-37-38-39-40-41-42-43-44-46-47-49-51-53-55-57-59-61-63-65-67-69-71-73-75-77-82(85)87-80-81(79-84)88-83(86)78-76-74-72-70-68-66-64-62-60-58-56-54-52-50-48-45-36-34-32-30-28-26-24-22-20-18-16-14-12-10-8-6-4-2/h5-8,11-14,17-20,23-26,29-32,35-37,45,50,52,56,58,62,64,68,70,81,84H,3-4,9-10,15-16,21-22,27-28,33-34,38-44,46-49,51,53-55,57,59-61,63,65-67,69,71-80H2,1-2H3/b7-5-,8-6-,13-11-,14-12-,19-17-,20-18-,25-23-,26-24-,31-29-,32-30-,37-35-,45-36-,52-50-,58-56-,64-62-,70-68-. The molecule has 0 rings (SSSR count). The van der Waals surface area contributed by atoms with Crippen LogP contribution < -0.4 is 0 Å². The molecule has 0 aliphatic rings. The largest absolute Gasteiger partial charge is 0.462 e. The number of rotatable bonds is 64. The molecule has 0 radical (unpaired) electrons. The molecular weight excluding hydrogens is 1080 g/mol. The lowest BCUT2D eigenvalue weighted by atomic mass is 10.0. The summed E-state index contributed by atoms with van der Waals surface area (Å²) in [5, 5.41) is 9.70. The van der Waals surface area contributed by atoms with E-state index in [1.165, 1.54) is 128 Å². The van der Waals surface area contributed by atoms with Crippen LogP contribution in [-0.2, 0) is 19.1 Å². The Morgan fingerprint density at radius 3 is 0.705 bits per heavy atom. The molecule has 1 unspecified atom stereocenters. The van der Waals surface area contributed by atoms with E-state index in [1.807, 2.05) is 0 Å². The fourth-order valence-corrected chi connectivity index (χ4v) is 9.59. The smallest absolute Gasteiger partial charge is 0.306 e. The molecule has 0 aliphatic heterocycles. The maximum Gasteiger partial charge on any atom is 0.306 e. The first kappa shape index (κ1) is 82.7. The molecular formula is C83H132O5. The third kappa shape index (κ3) is 73.2. The van der Waals surface area contributed by atoms with Crippen molar-refractivity contribution in [3.05, 3.63) is 194 Å². The Bertz CT molecular complexity index is 2000. The molecule has 5 heteroatoms. The molecule has 0 heterocycles. The average Bonchev–Trinajstić information content (AvgIpc) is 3.56. The first-order valence-electron chi connectivity index (χ1n) is 36.0. The third-order valence-electron chi connectivity index (χ3n) is 14.9. The second kappa shape index (κ2) is 76.0. The van der Waals surface area contributed by atoms with Crippen molar-refractivity contribution < 1.29 is 24.2 Å². The zero-order valence-corrected chi connectivity index (χ0v) is 56.7. The Balaban J connectivity index is 3.56. The van der Waals surface area contributed by atoms with Crippen LogP contribution in [0.25, 0.3) is 0 Å². The molecule has 0 aromatic rings. The number of ether oxygens (including phenoxy) is 2. The molecule has 1 N–H and O–H groups in total. The van der Waals surface area contributed by atoms with Crippen molar-refractivity contribution in [2.75, 3.05) is 13.2 Å². The molecule has 0 aliphatic carbocycles. The van der Waals surface area contributed by atoms with Gasteiger partial charge in [0, 0.05) is 12.8 Å². The van der Waals surface area contributed by atoms with Crippen LogP contribution in [0.5, 0.6) is 0 Å². The van der Waals surface area contributed by atoms with Gasteiger partial charge in [-0.1, -0.05) is 337 Å². The van der Waals surface area contributed by atoms with Gasteiger partial charge in [-0.25, -0.2) is 0 Å². The van der Waals surface area contributed by atoms with Crippen LogP contribution in [-0.4, -0.2) is 36.4 Å². The number of allylic oxidation sites excluding steroid dienone is 32. The Kier molecular flexibility index (Phi) is 71.4. The minimum Gasteiger partial charge on any atom is -0.462 e. The monoisotopic (exact) mass is 1210 g/mol. The van der Waals surface area contributed by atoms with Gasteiger partial charge in [0.2, 0.25) is 0 Å². The Morgan fingerprint density at radius 2 is 0.455 bits per heavy atom. The highest BCUT2D eigenvalue weighted by Crippen LogP contribution is 2.17. The summed E-state index contributed by atoms with van der Waals surface area (Å²) in [6, 6.07) is 0. The fourth-order valence-electron chi connectivity index (χ4n) is 9.59. The molecule has 0 bridgehead atoms. The molecule has 0 spiro atoms. The summed E-state index contributed by atoms with van der Waals surface area (Å²) < 4.78 is 10.7. The molecule has 0 aromatic carbocycles. The van der Waals surface area contributed by atoms with Crippen LogP contribution in [0.3, 0.4) is 0 Å². The summed E-state index contributed by atoms with van der Waals surface area (Å²) in [7, 11) is 0. The Hall–Kier alpha value is -5.26. The number of hydrogen-bond donors (Lipinski definition) is 1. The van der Waals surface area contributed by atoms with E-state index >= 15 is 0 Å². The maximum absolute atomic E-state index is 12.3. The van der Waals surface area contributed by atoms with Crippen molar-refractivity contribution in [2.45, 2.75) is 302 Å². The van der Waals surface area contributed by atoms with Crippen LogP contribution >= 0.6 is 0 Å². The van der Waals surface area contributed by atoms with Gasteiger partial charge in [0.25, 0.3) is 0 Å². The van der Waals surface area contributed by atoms with Crippen LogP contribution in [0.15, 0.2) is 194 Å². The maximum atomic E-state index is 12.3. The van der Waals surface area contributed by atoms with E-state index in [9.17, 15) is 14.7 Å². The van der Waals surface area contributed by atoms with Gasteiger partial charge in [0.1, 0.15) is 6.61 Å². The zero-order chi connectivity index (χ0) is 63.3.